The van der Waals surface area contributed by atoms with Crippen molar-refractivity contribution in [2.45, 2.75) is 57.4 Å². The molecule has 2 N–H and O–H groups in total. The molecular formula is C11H23NO2S. The molecule has 1 aliphatic carbocycles. The first-order valence-electron chi connectivity index (χ1n) is 5.97. The molecule has 0 heterocycles. The lowest BCUT2D eigenvalue weighted by Crippen LogP contribution is -2.41. The quantitative estimate of drug-likeness (QED) is 0.754. The number of hydrogen-bond acceptors (Lipinski definition) is 3. The SMILES string of the molecule is CCS(=O)(=O)CCC1(N)CCCCCC1. The van der Waals surface area contributed by atoms with Crippen LogP contribution >= 0.6 is 0 Å². The van der Waals surface area contributed by atoms with Gasteiger partial charge in [0.2, 0.25) is 0 Å². The molecule has 3 nitrogen and oxygen atoms in total. The summed E-state index contributed by atoms with van der Waals surface area (Å²) in [5.41, 5.74) is 6.05. The lowest BCUT2D eigenvalue weighted by molar-refractivity contribution is 0.360. The summed E-state index contributed by atoms with van der Waals surface area (Å²) < 4.78 is 22.8. The van der Waals surface area contributed by atoms with Gasteiger partial charge in [-0.05, 0) is 19.3 Å². The smallest absolute Gasteiger partial charge is 0.150 e. The van der Waals surface area contributed by atoms with Gasteiger partial charge < -0.3 is 5.73 Å². The Balaban J connectivity index is 2.48. The molecule has 0 saturated heterocycles. The first-order chi connectivity index (χ1) is 6.97. The minimum atomic E-state index is -2.85. The Labute approximate surface area is 93.3 Å². The third-order valence-corrected chi connectivity index (χ3v) is 5.16. The van der Waals surface area contributed by atoms with Crippen molar-refractivity contribution < 1.29 is 8.42 Å². The Kier molecular flexibility index (Phi) is 4.59. The van der Waals surface area contributed by atoms with Gasteiger partial charge in [0.25, 0.3) is 0 Å². The van der Waals surface area contributed by atoms with Crippen molar-refractivity contribution in [3.63, 3.8) is 0 Å². The molecule has 0 aromatic heterocycles. The van der Waals surface area contributed by atoms with E-state index in [0.717, 1.165) is 25.7 Å². The normalized spacial score (nSPS) is 22.3. The standard InChI is InChI=1S/C11H23NO2S/c1-2-15(13,14)10-9-11(12)7-5-3-4-6-8-11/h2-10,12H2,1H3. The minimum Gasteiger partial charge on any atom is -0.325 e. The van der Waals surface area contributed by atoms with Crippen molar-refractivity contribution in [3.05, 3.63) is 0 Å². The maximum atomic E-state index is 11.4. The summed E-state index contributed by atoms with van der Waals surface area (Å²) in [5, 5.41) is 0. The molecule has 1 fully saturated rings. The second-order valence-electron chi connectivity index (χ2n) is 4.76. The van der Waals surface area contributed by atoms with Crippen LogP contribution in [0.15, 0.2) is 0 Å². The first-order valence-corrected chi connectivity index (χ1v) is 7.79. The van der Waals surface area contributed by atoms with E-state index in [2.05, 4.69) is 0 Å². The second kappa shape index (κ2) is 5.30. The molecule has 0 amide bonds. The number of rotatable bonds is 4. The predicted molar refractivity (Wildman–Crippen MR) is 63.6 cm³/mol. The number of sulfone groups is 1. The molecule has 15 heavy (non-hydrogen) atoms. The molecule has 0 aromatic carbocycles. The Hall–Kier alpha value is -0.0900. The summed E-state index contributed by atoms with van der Waals surface area (Å²) in [6, 6.07) is 0. The van der Waals surface area contributed by atoms with Crippen LogP contribution in [0.5, 0.6) is 0 Å². The molecule has 0 unspecified atom stereocenters. The van der Waals surface area contributed by atoms with E-state index in [9.17, 15) is 8.42 Å². The zero-order chi connectivity index (χ0) is 11.4. The summed E-state index contributed by atoms with van der Waals surface area (Å²) in [6.07, 6.45) is 7.44. The molecule has 0 aliphatic heterocycles. The fourth-order valence-electron chi connectivity index (χ4n) is 2.19. The summed E-state index contributed by atoms with van der Waals surface area (Å²) in [5.74, 6) is 0.503. The zero-order valence-electron chi connectivity index (χ0n) is 9.67. The molecule has 1 saturated carbocycles. The fraction of sp³-hybridized carbons (Fsp3) is 1.00. The highest BCUT2D eigenvalue weighted by Crippen LogP contribution is 2.28. The maximum Gasteiger partial charge on any atom is 0.150 e. The van der Waals surface area contributed by atoms with Gasteiger partial charge in [-0.15, -0.1) is 0 Å². The third-order valence-electron chi connectivity index (χ3n) is 3.45. The van der Waals surface area contributed by atoms with Crippen LogP contribution in [0.1, 0.15) is 51.9 Å². The van der Waals surface area contributed by atoms with Crippen molar-refractivity contribution in [3.8, 4) is 0 Å². The van der Waals surface area contributed by atoms with E-state index in [-0.39, 0.29) is 17.0 Å². The van der Waals surface area contributed by atoms with Crippen molar-refractivity contribution in [2.75, 3.05) is 11.5 Å². The van der Waals surface area contributed by atoms with Crippen LogP contribution in [0, 0.1) is 0 Å². The highest BCUT2D eigenvalue weighted by atomic mass is 32.2. The summed E-state index contributed by atoms with van der Waals surface area (Å²) in [6.45, 7) is 1.70. The van der Waals surface area contributed by atoms with Crippen LogP contribution in [0.3, 0.4) is 0 Å². The van der Waals surface area contributed by atoms with Gasteiger partial charge in [0.15, 0.2) is 0 Å². The second-order valence-corrected chi connectivity index (χ2v) is 7.24. The van der Waals surface area contributed by atoms with Gasteiger partial charge in [0.1, 0.15) is 9.84 Å². The first kappa shape index (κ1) is 13.0. The highest BCUT2D eigenvalue weighted by Gasteiger charge is 2.27. The minimum absolute atomic E-state index is 0.210. The van der Waals surface area contributed by atoms with E-state index < -0.39 is 9.84 Å². The maximum absolute atomic E-state index is 11.4. The molecule has 4 heteroatoms. The Bertz CT molecular complexity index is 277. The lowest BCUT2D eigenvalue weighted by Gasteiger charge is -2.27. The van der Waals surface area contributed by atoms with Gasteiger partial charge >= 0.3 is 0 Å². The monoisotopic (exact) mass is 233 g/mol. The summed E-state index contributed by atoms with van der Waals surface area (Å²) >= 11 is 0. The van der Waals surface area contributed by atoms with Crippen LogP contribution in [0.25, 0.3) is 0 Å². The number of hydrogen-bond donors (Lipinski definition) is 1. The van der Waals surface area contributed by atoms with Crippen molar-refractivity contribution in [1.29, 1.82) is 0 Å². The molecule has 0 aromatic rings. The van der Waals surface area contributed by atoms with Gasteiger partial charge in [-0.25, -0.2) is 8.42 Å². The molecule has 0 bridgehead atoms. The van der Waals surface area contributed by atoms with Crippen molar-refractivity contribution >= 4 is 9.84 Å². The zero-order valence-corrected chi connectivity index (χ0v) is 10.5. The molecular weight excluding hydrogens is 210 g/mol. The van der Waals surface area contributed by atoms with Gasteiger partial charge in [-0.3, -0.25) is 0 Å². The van der Waals surface area contributed by atoms with Crippen LogP contribution in [0.4, 0.5) is 0 Å². The topological polar surface area (TPSA) is 60.2 Å². The molecule has 1 aliphatic rings. The van der Waals surface area contributed by atoms with E-state index in [1.807, 2.05) is 0 Å². The largest absolute Gasteiger partial charge is 0.325 e. The van der Waals surface area contributed by atoms with Crippen LogP contribution in [0.2, 0.25) is 0 Å². The molecule has 0 spiro atoms. The van der Waals surface area contributed by atoms with Crippen LogP contribution < -0.4 is 5.73 Å². The van der Waals surface area contributed by atoms with Gasteiger partial charge in [0.05, 0.1) is 5.75 Å². The summed E-state index contributed by atoms with van der Waals surface area (Å²) in [7, 11) is -2.85. The summed E-state index contributed by atoms with van der Waals surface area (Å²) in [4.78, 5) is 0. The van der Waals surface area contributed by atoms with E-state index in [1.165, 1.54) is 12.8 Å². The van der Waals surface area contributed by atoms with Gasteiger partial charge in [-0.1, -0.05) is 32.6 Å². The fourth-order valence-corrected chi connectivity index (χ4v) is 3.19. The highest BCUT2D eigenvalue weighted by molar-refractivity contribution is 7.91. The average molecular weight is 233 g/mol. The van der Waals surface area contributed by atoms with Crippen molar-refractivity contribution in [2.24, 2.45) is 5.73 Å². The van der Waals surface area contributed by atoms with Gasteiger partial charge in [0, 0.05) is 11.3 Å². The lowest BCUT2D eigenvalue weighted by atomic mass is 9.89. The third kappa shape index (κ3) is 4.51. The Morgan fingerprint density at radius 1 is 1.13 bits per heavy atom. The Morgan fingerprint density at radius 2 is 1.67 bits per heavy atom. The molecule has 90 valence electrons. The van der Waals surface area contributed by atoms with E-state index in [1.54, 1.807) is 6.92 Å². The predicted octanol–water partition coefficient (Wildman–Crippen LogP) is 1.86. The van der Waals surface area contributed by atoms with E-state index in [0.29, 0.717) is 6.42 Å². The van der Waals surface area contributed by atoms with Gasteiger partial charge in [-0.2, -0.15) is 0 Å². The number of nitrogens with two attached hydrogens (primary N) is 1. The molecule has 0 radical (unpaired) electrons. The van der Waals surface area contributed by atoms with Crippen molar-refractivity contribution in [1.82, 2.24) is 0 Å². The van der Waals surface area contributed by atoms with Crippen LogP contribution in [-0.2, 0) is 9.84 Å². The van der Waals surface area contributed by atoms with Crippen LogP contribution in [-0.4, -0.2) is 25.5 Å². The Morgan fingerprint density at radius 3 is 2.13 bits per heavy atom. The molecule has 0 atom stereocenters. The van der Waals surface area contributed by atoms with E-state index in [4.69, 9.17) is 5.73 Å². The average Bonchev–Trinajstić information content (AvgIpc) is 2.42. The molecule has 1 rings (SSSR count). The van der Waals surface area contributed by atoms with E-state index >= 15 is 0 Å².